The highest BCUT2D eigenvalue weighted by atomic mass is 16.7. The van der Waals surface area contributed by atoms with Gasteiger partial charge in [0.25, 0.3) is 0 Å². The lowest BCUT2D eigenvalue weighted by atomic mass is 9.72. The third kappa shape index (κ3) is 21.0. The number of hydrazine groups is 1. The minimum Gasteiger partial charge on any atom is -0.507 e. The molecule has 4 amide bonds. The Morgan fingerprint density at radius 2 is 0.705 bits per heavy atom. The molecule has 149 heavy (non-hydrogen) atoms. The fraction of sp³-hybridized carbons (Fsp3) is 0.396. The Morgan fingerprint density at radius 1 is 0.389 bits per heavy atom. The first-order valence-corrected chi connectivity index (χ1v) is 47.9. The Kier molecular flexibility index (Phi) is 32.1. The van der Waals surface area contributed by atoms with Crippen molar-refractivity contribution in [2.75, 3.05) is 61.1 Å². The number of Topliss-reactive ketones (excluding diaryl/α,β-unsaturated/α-hetero) is 3. The van der Waals surface area contributed by atoms with Gasteiger partial charge in [0.1, 0.15) is 94.3 Å². The van der Waals surface area contributed by atoms with Gasteiger partial charge in [0.15, 0.2) is 56.0 Å². The Morgan fingerprint density at radius 3 is 1.03 bits per heavy atom. The predicted octanol–water partition coefficient (Wildman–Crippen LogP) is 7.99. The molecule has 43 heteroatoms. The molecule has 0 saturated heterocycles. The van der Waals surface area contributed by atoms with E-state index in [1.54, 1.807) is 13.8 Å². The van der Waals surface area contributed by atoms with Gasteiger partial charge < -0.3 is 123 Å². The Labute approximate surface area is 848 Å². The molecule has 0 aromatic heterocycles. The topological polar surface area (TPSA) is 635 Å². The van der Waals surface area contributed by atoms with Gasteiger partial charge in [0, 0.05) is 120 Å². The monoisotopic (exact) mass is 2060 g/mol. The van der Waals surface area contributed by atoms with Crippen LogP contribution in [0.4, 0.5) is 4.79 Å². The van der Waals surface area contributed by atoms with Crippen molar-refractivity contribution in [3.8, 4) is 62.9 Å². The van der Waals surface area contributed by atoms with Crippen LogP contribution in [0.1, 0.15) is 283 Å². The largest absolute Gasteiger partial charge is 0.507 e. The number of hydrogen-bond acceptors (Lipinski definition) is 39. The van der Waals surface area contributed by atoms with Crippen LogP contribution in [0.2, 0.25) is 0 Å². The summed E-state index contributed by atoms with van der Waals surface area (Å²) >= 11 is 0. The van der Waals surface area contributed by atoms with Crippen LogP contribution in [0.15, 0.2) is 103 Å². The van der Waals surface area contributed by atoms with E-state index in [4.69, 9.17) is 61.6 Å². The highest BCUT2D eigenvalue weighted by Crippen LogP contribution is 2.58. The van der Waals surface area contributed by atoms with Crippen molar-refractivity contribution in [2.24, 2.45) is 0 Å². The Bertz CT molecular complexity index is 6800. The first-order valence-electron chi connectivity index (χ1n) is 47.9. The van der Waals surface area contributed by atoms with Crippen LogP contribution in [-0.2, 0) is 110 Å². The number of aromatic hydroxyl groups is 6. The summed E-state index contributed by atoms with van der Waals surface area (Å²) < 4.78 is 74.3. The third-order valence-electron chi connectivity index (χ3n) is 27.3. The number of phenols is 6. The normalized spacial score (nSPS) is 19.4. The molecule has 8 aromatic carbocycles. The molecule has 11 atom stereocenters. The number of methoxy groups -OCH3 is 3. The predicted molar refractivity (Wildman–Crippen MR) is 509 cm³/mol. The number of fused-ring (bicyclic) bond motifs is 12. The minimum atomic E-state index is -2.77. The summed E-state index contributed by atoms with van der Waals surface area (Å²) in [4.78, 5) is 224. The number of rotatable bonds is 41. The highest BCUT2D eigenvalue weighted by Gasteiger charge is 2.55. The van der Waals surface area contributed by atoms with Gasteiger partial charge in [-0.3, -0.25) is 71.9 Å². The fourth-order valence-electron chi connectivity index (χ4n) is 20.1. The second-order valence-corrected chi connectivity index (χ2v) is 36.6. The van der Waals surface area contributed by atoms with Crippen LogP contribution in [0, 0.1) is 0 Å². The summed E-state index contributed by atoms with van der Waals surface area (Å²) in [6.07, 6.45) is -22.6. The number of aliphatic hydroxyl groups excluding tert-OH is 1. The summed E-state index contributed by atoms with van der Waals surface area (Å²) in [5.74, 6) is -21.7. The first-order chi connectivity index (χ1) is 71.0. The molecule has 7 aliphatic rings. The lowest BCUT2D eigenvalue weighted by Gasteiger charge is -2.40. The molecule has 0 heterocycles. The highest BCUT2D eigenvalue weighted by molar-refractivity contribution is 6.34. The van der Waals surface area contributed by atoms with Crippen molar-refractivity contribution in [1.82, 2.24) is 21.1 Å². The van der Waals surface area contributed by atoms with E-state index in [0.717, 1.165) is 22.3 Å². The van der Waals surface area contributed by atoms with E-state index in [0.29, 0.717) is 5.01 Å². The lowest BCUT2D eigenvalue weighted by molar-refractivity contribution is -0.212. The van der Waals surface area contributed by atoms with Crippen LogP contribution in [0.25, 0.3) is 11.1 Å². The Hall–Kier alpha value is -15.3. The van der Waals surface area contributed by atoms with Gasteiger partial charge in [-0.05, 0) is 80.5 Å². The van der Waals surface area contributed by atoms with E-state index in [1.807, 2.05) is 48.5 Å². The second kappa shape index (κ2) is 44.4. The molecule has 15 rings (SSSR count). The molecule has 43 nitrogen and oxygen atoms in total. The molecular formula is C106H108N4O39. The van der Waals surface area contributed by atoms with E-state index in [-0.39, 0.29) is 100 Å². The van der Waals surface area contributed by atoms with Crippen LogP contribution in [-0.4, -0.2) is 259 Å². The molecule has 786 valence electrons. The molecule has 0 aliphatic heterocycles. The summed E-state index contributed by atoms with van der Waals surface area (Å²) in [6.45, 7) is 4.30. The van der Waals surface area contributed by atoms with Crippen molar-refractivity contribution in [3.63, 3.8) is 0 Å². The van der Waals surface area contributed by atoms with Crippen molar-refractivity contribution in [1.29, 1.82) is 0 Å². The summed E-state index contributed by atoms with van der Waals surface area (Å²) in [5.41, 5.74) is -10.1. The van der Waals surface area contributed by atoms with Crippen molar-refractivity contribution in [3.05, 3.63) is 214 Å². The maximum absolute atomic E-state index is 14.6. The number of hydrogen-bond donors (Lipinski definition) is 13. The number of nitrogens with one attached hydrogen (secondary N) is 3. The van der Waals surface area contributed by atoms with Crippen LogP contribution >= 0.6 is 0 Å². The first kappa shape index (κ1) is 108. The number of amides is 4. The maximum atomic E-state index is 14.6. The number of carbonyl (C=O) groups is 16. The van der Waals surface area contributed by atoms with Gasteiger partial charge in [-0.2, -0.15) is 0 Å². The molecule has 0 fully saturated rings. The molecule has 5 unspecified atom stereocenters. The number of aliphatic hydroxyl groups is 4. The Balaban J connectivity index is 0.571. The summed E-state index contributed by atoms with van der Waals surface area (Å²) in [6, 6.07) is 27.3. The second-order valence-electron chi connectivity index (χ2n) is 36.6. The number of benzene rings is 8. The van der Waals surface area contributed by atoms with Gasteiger partial charge in [0.05, 0.1) is 109 Å². The number of ketones is 9. The van der Waals surface area contributed by atoms with E-state index in [9.17, 15) is 128 Å². The molecule has 0 spiro atoms. The van der Waals surface area contributed by atoms with E-state index >= 15 is 0 Å². The van der Waals surface area contributed by atoms with Gasteiger partial charge >= 0.3 is 24.0 Å². The smallest absolute Gasteiger partial charge is 0.426 e. The number of nitrogens with zero attached hydrogens (tertiary/aromatic N) is 1. The maximum Gasteiger partial charge on any atom is 0.426 e. The molecular weight excluding hydrogens is 1950 g/mol. The van der Waals surface area contributed by atoms with Gasteiger partial charge in [-0.1, -0.05) is 106 Å². The van der Waals surface area contributed by atoms with Gasteiger partial charge in [-0.15, -0.1) is 0 Å². The lowest BCUT2D eigenvalue weighted by Crippen LogP contribution is -2.48. The number of ether oxygens (including phenoxy) is 13. The molecule has 13 N–H and O–H groups in total. The minimum absolute atomic E-state index is 0.00177. The van der Waals surface area contributed by atoms with Crippen molar-refractivity contribution in [2.45, 2.75) is 210 Å². The van der Waals surface area contributed by atoms with Gasteiger partial charge in [-0.25, -0.2) is 15.2 Å². The van der Waals surface area contributed by atoms with Crippen LogP contribution < -0.4 is 30.3 Å². The average Bonchev–Trinajstić information content (AvgIpc) is 1.24. The molecule has 0 bridgehead atoms. The molecule has 0 saturated carbocycles. The SMILES string of the molecule is CCOC(CC)O[C@H]1C[C@](O)(C(=O)COC(=O)CCC(=O)NC(C)OC(CC)O[C@H]2C[C@](O)(C(=O)COC(=O)CCC(=O)NC(C)OC(CC)O[C@H]3C[C@](O)(C(=O)COC(=O)CCC(=O)N(CO)NC(=O)OCC4c5ccccc5-c5ccccc54)Cc4c(O)c5c(c(O)c43)C(=O)c3c(OC)cccc3C5=O)Cc3c(O)c4c(c(O)c32)C(=O)c2c(OC)cccc2C4=O)Cc2c(O)c3c(c(O)c21)C(=O)c1c(OC)cccc1C3=O. The van der Waals surface area contributed by atoms with Crippen LogP contribution in [0.5, 0.6) is 51.7 Å². The molecule has 0 radical (unpaired) electrons. The summed E-state index contributed by atoms with van der Waals surface area (Å²) in [7, 11) is 3.70. The van der Waals surface area contributed by atoms with Crippen molar-refractivity contribution < 1.29 is 189 Å². The van der Waals surface area contributed by atoms with E-state index in [2.05, 4.69) is 16.1 Å². The van der Waals surface area contributed by atoms with Crippen molar-refractivity contribution >= 4 is 93.8 Å². The standard InChI is InChI=1S/C106H108N4O39/c1-10-76(140-13-4)147-64-40-104(134,37-57-82(64)100(130)88-85(94(57)124)91(121)54-25-18-28-61(137-7)79(54)97(88)127)67(112)44-141-73(118)34-31-70(115)107-48(5)145-77(11-2)148-65-41-105(135,38-58-83(65)101(131)89-86(95(58)125)92(122)55-26-19-29-62(138-8)80(55)98(89)128)68(113)45-142-74(119)35-32-71(116)108-49(6)146-78(12-3)149-66-42-106(136,39-59-84(66)102(132)90-87(96(59)126)93(123)56-27-20-30-63(139-9)81(56)99(90)129)69(114)46-143-75(120)36-33-72(117)110(47-111)109-103(133)144-43-60-52-23-16-14-21-50(52)51-22-15-17-24-53(51)60/h14-30,48-49,60,64-66,76-78,111,124-126,130-132,134-136H,10-13,31-47H2,1-9H3,(H,107,115)(H,108,116)(H,109,133)/t48?,49?,64-,65-,66-,76?,77?,78?,104-,105-,106-/m0/s1. The zero-order valence-electron chi connectivity index (χ0n) is 82.1. The number of phenolic OH excluding ortho intramolecular Hbond substituents is 6. The zero-order valence-corrected chi connectivity index (χ0v) is 82.1. The number of carbonyl (C=O) groups excluding carboxylic acids is 16. The summed E-state index contributed by atoms with van der Waals surface area (Å²) in [5, 5.41) is 126. The molecule has 7 aliphatic carbocycles. The average molecular weight is 2060 g/mol. The van der Waals surface area contributed by atoms with Crippen LogP contribution in [0.3, 0.4) is 0 Å². The zero-order chi connectivity index (χ0) is 108. The van der Waals surface area contributed by atoms with E-state index < -0.39 is 354 Å². The number of esters is 3. The molecule has 8 aromatic rings. The van der Waals surface area contributed by atoms with E-state index in [1.165, 1.54) is 104 Å². The third-order valence-corrected chi connectivity index (χ3v) is 27.3. The van der Waals surface area contributed by atoms with Gasteiger partial charge in [0.2, 0.25) is 52.4 Å². The fourth-order valence-corrected chi connectivity index (χ4v) is 20.1. The quantitative estimate of drug-likeness (QED) is 0.00567.